The highest BCUT2D eigenvalue weighted by Gasteiger charge is 2.18. The third kappa shape index (κ3) is 5.93. The first-order valence-electron chi connectivity index (χ1n) is 10.0. The molecule has 2 heterocycles. The molecule has 1 aromatic heterocycles. The molecule has 0 amide bonds. The van der Waals surface area contributed by atoms with E-state index in [9.17, 15) is 13.3 Å². The number of nitrogens with one attached hydrogen (secondary N) is 2. The normalized spacial score (nSPS) is 15.2. The number of benzene rings is 2. The SMILES string of the molecule is Cc1cc(NCCN2CC[S+]([O-])CC2)cc(Nc2ncn(-c3cc(F)cc(F)c3)n2)c1. The maximum atomic E-state index is 13.5. The number of aromatic nitrogens is 3. The lowest BCUT2D eigenvalue weighted by Gasteiger charge is -2.28. The van der Waals surface area contributed by atoms with E-state index in [2.05, 4.69) is 31.7 Å². The zero-order chi connectivity index (χ0) is 21.8. The monoisotopic (exact) mass is 446 g/mol. The van der Waals surface area contributed by atoms with Crippen molar-refractivity contribution >= 4 is 28.5 Å². The molecule has 0 aliphatic carbocycles. The second kappa shape index (κ2) is 9.63. The zero-order valence-corrected chi connectivity index (χ0v) is 18.0. The minimum Gasteiger partial charge on any atom is -0.616 e. The molecule has 0 bridgehead atoms. The van der Waals surface area contributed by atoms with Crippen LogP contribution in [0.5, 0.6) is 0 Å². The predicted octanol–water partition coefficient (Wildman–Crippen LogP) is 3.07. The van der Waals surface area contributed by atoms with Crippen molar-refractivity contribution in [3.05, 3.63) is 59.9 Å². The van der Waals surface area contributed by atoms with Gasteiger partial charge in [-0.3, -0.25) is 4.90 Å². The van der Waals surface area contributed by atoms with Crippen LogP contribution in [0.15, 0.2) is 42.7 Å². The Morgan fingerprint density at radius 1 is 1.03 bits per heavy atom. The molecule has 0 radical (unpaired) electrons. The molecule has 0 atom stereocenters. The number of halogens is 2. The summed E-state index contributed by atoms with van der Waals surface area (Å²) >= 11 is -0.662. The molecule has 164 valence electrons. The molecule has 0 spiro atoms. The van der Waals surface area contributed by atoms with E-state index < -0.39 is 22.8 Å². The van der Waals surface area contributed by atoms with Gasteiger partial charge < -0.3 is 15.2 Å². The van der Waals surface area contributed by atoms with Crippen molar-refractivity contribution in [3.63, 3.8) is 0 Å². The minimum absolute atomic E-state index is 0.256. The van der Waals surface area contributed by atoms with Gasteiger partial charge in [0.15, 0.2) is 0 Å². The quantitative estimate of drug-likeness (QED) is 0.543. The first-order valence-corrected chi connectivity index (χ1v) is 11.5. The van der Waals surface area contributed by atoms with Crippen LogP contribution in [-0.2, 0) is 11.2 Å². The van der Waals surface area contributed by atoms with Crippen LogP contribution in [0.1, 0.15) is 5.56 Å². The second-order valence-electron chi connectivity index (χ2n) is 7.47. The Hall–Kier alpha value is -2.69. The Morgan fingerprint density at radius 3 is 2.48 bits per heavy atom. The average Bonchev–Trinajstić information content (AvgIpc) is 3.17. The molecule has 2 aromatic carbocycles. The van der Waals surface area contributed by atoms with Crippen LogP contribution in [0.25, 0.3) is 5.69 Å². The number of aryl methyl sites for hydroxylation is 1. The highest BCUT2D eigenvalue weighted by Crippen LogP contribution is 2.21. The summed E-state index contributed by atoms with van der Waals surface area (Å²) in [5.41, 5.74) is 3.09. The summed E-state index contributed by atoms with van der Waals surface area (Å²) in [6.07, 6.45) is 1.40. The number of rotatable bonds is 7. The average molecular weight is 447 g/mol. The summed E-state index contributed by atoms with van der Waals surface area (Å²) in [6.45, 7) is 5.42. The summed E-state index contributed by atoms with van der Waals surface area (Å²) in [5.74, 6) is 0.475. The van der Waals surface area contributed by atoms with Gasteiger partial charge in [-0.05, 0) is 42.8 Å². The van der Waals surface area contributed by atoms with E-state index in [1.165, 1.54) is 23.1 Å². The third-order valence-corrected chi connectivity index (χ3v) is 6.24. The fourth-order valence-electron chi connectivity index (χ4n) is 3.46. The van der Waals surface area contributed by atoms with Crippen molar-refractivity contribution in [2.24, 2.45) is 0 Å². The maximum Gasteiger partial charge on any atom is 0.246 e. The molecule has 2 N–H and O–H groups in total. The van der Waals surface area contributed by atoms with Crippen molar-refractivity contribution in [2.75, 3.05) is 48.3 Å². The molecular formula is C21H24F2N6OS. The zero-order valence-electron chi connectivity index (χ0n) is 17.1. The topological polar surface area (TPSA) is 81.1 Å². The van der Waals surface area contributed by atoms with Crippen LogP contribution in [0.4, 0.5) is 26.1 Å². The van der Waals surface area contributed by atoms with Crippen molar-refractivity contribution in [3.8, 4) is 5.69 Å². The summed E-state index contributed by atoms with van der Waals surface area (Å²) in [5, 5.41) is 10.8. The molecule has 10 heteroatoms. The molecule has 7 nitrogen and oxygen atoms in total. The van der Waals surface area contributed by atoms with Crippen molar-refractivity contribution < 1.29 is 13.3 Å². The highest BCUT2D eigenvalue weighted by atomic mass is 32.2. The van der Waals surface area contributed by atoms with Crippen LogP contribution in [0, 0.1) is 18.6 Å². The molecule has 3 aromatic rings. The summed E-state index contributed by atoms with van der Waals surface area (Å²) in [7, 11) is 0. The molecule has 1 aliphatic rings. The maximum absolute atomic E-state index is 13.5. The van der Waals surface area contributed by atoms with E-state index >= 15 is 0 Å². The number of anilines is 3. The lowest BCUT2D eigenvalue weighted by atomic mass is 10.2. The van der Waals surface area contributed by atoms with Crippen LogP contribution in [-0.4, -0.2) is 61.9 Å². The van der Waals surface area contributed by atoms with Crippen molar-refractivity contribution in [1.82, 2.24) is 19.7 Å². The minimum atomic E-state index is -0.674. The van der Waals surface area contributed by atoms with Crippen molar-refractivity contribution in [1.29, 1.82) is 0 Å². The number of hydrogen-bond donors (Lipinski definition) is 2. The number of nitrogens with zero attached hydrogens (tertiary/aromatic N) is 4. The smallest absolute Gasteiger partial charge is 0.246 e. The fraction of sp³-hybridized carbons (Fsp3) is 0.333. The van der Waals surface area contributed by atoms with E-state index in [-0.39, 0.29) is 5.69 Å². The standard InChI is InChI=1S/C21H24F2N6OS/c1-15-8-18(24-2-3-28-4-6-31(30)7-5-28)13-19(9-15)26-21-25-14-29(27-21)20-11-16(22)10-17(23)12-20/h8-14,24H,2-7H2,1H3,(H,26,27). The van der Waals surface area contributed by atoms with Crippen LogP contribution in [0.2, 0.25) is 0 Å². The van der Waals surface area contributed by atoms with Gasteiger partial charge in [-0.2, -0.15) is 4.98 Å². The molecule has 1 saturated heterocycles. The second-order valence-corrected chi connectivity index (χ2v) is 9.17. The van der Waals surface area contributed by atoms with Crippen LogP contribution < -0.4 is 10.6 Å². The molecule has 0 unspecified atom stereocenters. The Morgan fingerprint density at radius 2 is 1.74 bits per heavy atom. The van der Waals surface area contributed by atoms with E-state index in [0.717, 1.165) is 60.7 Å². The van der Waals surface area contributed by atoms with E-state index in [0.29, 0.717) is 5.95 Å². The molecule has 31 heavy (non-hydrogen) atoms. The van der Waals surface area contributed by atoms with E-state index in [1.54, 1.807) is 0 Å². The predicted molar refractivity (Wildman–Crippen MR) is 119 cm³/mol. The lowest BCUT2D eigenvalue weighted by molar-refractivity contribution is 0.307. The molecule has 4 rings (SSSR count). The summed E-state index contributed by atoms with van der Waals surface area (Å²) in [6, 6.07) is 9.17. The van der Waals surface area contributed by atoms with E-state index in [4.69, 9.17) is 0 Å². The Bertz CT molecular complexity index is 1020. The van der Waals surface area contributed by atoms with Crippen LogP contribution >= 0.6 is 0 Å². The first kappa shape index (κ1) is 21.5. The Balaban J connectivity index is 1.38. The molecule has 1 fully saturated rings. The largest absolute Gasteiger partial charge is 0.616 e. The van der Waals surface area contributed by atoms with Gasteiger partial charge in [-0.1, -0.05) is 11.2 Å². The summed E-state index contributed by atoms with van der Waals surface area (Å²) in [4.78, 5) is 6.49. The third-order valence-electron chi connectivity index (χ3n) is 4.96. The van der Waals surface area contributed by atoms with Gasteiger partial charge in [0, 0.05) is 43.6 Å². The van der Waals surface area contributed by atoms with Gasteiger partial charge in [0.1, 0.15) is 29.5 Å². The first-order chi connectivity index (χ1) is 14.9. The number of hydrogen-bond acceptors (Lipinski definition) is 6. The van der Waals surface area contributed by atoms with Gasteiger partial charge in [0.25, 0.3) is 0 Å². The van der Waals surface area contributed by atoms with Crippen molar-refractivity contribution in [2.45, 2.75) is 6.92 Å². The molecule has 0 saturated carbocycles. The lowest BCUT2D eigenvalue weighted by Crippen LogP contribution is -2.42. The van der Waals surface area contributed by atoms with Gasteiger partial charge in [-0.25, -0.2) is 13.5 Å². The van der Waals surface area contributed by atoms with Gasteiger partial charge in [0.05, 0.1) is 5.69 Å². The molecular weight excluding hydrogens is 422 g/mol. The Kier molecular flexibility index (Phi) is 6.69. The summed E-state index contributed by atoms with van der Waals surface area (Å²) < 4.78 is 39.7. The van der Waals surface area contributed by atoms with Gasteiger partial charge in [0.2, 0.25) is 5.95 Å². The fourth-order valence-corrected chi connectivity index (χ4v) is 4.59. The molecule has 1 aliphatic heterocycles. The Labute approximate surface area is 182 Å². The van der Waals surface area contributed by atoms with Gasteiger partial charge >= 0.3 is 0 Å². The highest BCUT2D eigenvalue weighted by molar-refractivity contribution is 7.91. The van der Waals surface area contributed by atoms with E-state index in [1.807, 2.05) is 19.1 Å². The van der Waals surface area contributed by atoms with Crippen LogP contribution in [0.3, 0.4) is 0 Å². The van der Waals surface area contributed by atoms with Gasteiger partial charge in [-0.15, -0.1) is 5.10 Å².